The third-order valence-electron chi connectivity index (χ3n) is 13.5. The van der Waals surface area contributed by atoms with E-state index in [0.29, 0.717) is 31.4 Å². The summed E-state index contributed by atoms with van der Waals surface area (Å²) in [6.07, 6.45) is 27.5. The van der Waals surface area contributed by atoms with Crippen LogP contribution in [0.3, 0.4) is 0 Å². The Morgan fingerprint density at radius 2 is 0.851 bits per heavy atom. The number of urea groups is 1. The summed E-state index contributed by atoms with van der Waals surface area (Å²) in [5, 5.41) is 0. The lowest BCUT2D eigenvalue weighted by Crippen LogP contribution is -2.46. The van der Waals surface area contributed by atoms with Gasteiger partial charge in [0.15, 0.2) is 0 Å². The smallest absolute Gasteiger partial charge is 0.324 e. The molecule has 2 rings (SSSR count). The minimum Gasteiger partial charge on any atom is -0.465 e. The molecule has 0 aromatic carbocycles. The van der Waals surface area contributed by atoms with Crippen LogP contribution in [0, 0.1) is 11.8 Å². The largest absolute Gasteiger partial charge is 0.465 e. The van der Waals surface area contributed by atoms with Crippen molar-refractivity contribution < 1.29 is 62.0 Å². The standard InChI is InChI=1S/C58H97N3O13/c1-6-10-14-18-22-26-30-52(62)69-42-47(43-70-53(63)31-27-23-19-15-11-7-2)38-56(66)73-46-50-40-51(41-61(50)58(68)60(5)49-34-36-59-37-35-49)74-57(67)39-48(44-71-54(64)32-28-24-20-16-12-8-3)45-72-55(65)33-29-25-21-17-13-9-4/h34-37,47-48,50-51H,6-33,38-46H2,1-5H3/t50-,51+/m0/s1. The van der Waals surface area contributed by atoms with E-state index in [1.807, 2.05) is 0 Å². The fraction of sp³-hybridized carbons (Fsp3) is 0.793. The number of anilines is 1. The first-order valence-corrected chi connectivity index (χ1v) is 28.8. The van der Waals surface area contributed by atoms with Gasteiger partial charge in [-0.25, -0.2) is 4.79 Å². The first kappa shape index (κ1) is 65.4. The Bertz CT molecular complexity index is 1630. The van der Waals surface area contributed by atoms with Gasteiger partial charge in [0.1, 0.15) is 12.7 Å². The number of esters is 6. The Balaban J connectivity index is 2.15. The molecule has 1 aliphatic heterocycles. The van der Waals surface area contributed by atoms with Gasteiger partial charge in [-0.3, -0.25) is 38.7 Å². The summed E-state index contributed by atoms with van der Waals surface area (Å²) in [6.45, 7) is 7.87. The predicted octanol–water partition coefficient (Wildman–Crippen LogP) is 12.4. The molecule has 0 aliphatic carbocycles. The molecule has 0 radical (unpaired) electrons. The minimum absolute atomic E-state index is 0.000892. The molecule has 16 heteroatoms. The highest BCUT2D eigenvalue weighted by Crippen LogP contribution is 2.26. The Morgan fingerprint density at radius 1 is 0.500 bits per heavy atom. The number of unbranched alkanes of at least 4 members (excludes halogenated alkanes) is 20. The number of likely N-dealkylation sites (tertiary alicyclic amines) is 1. The summed E-state index contributed by atoms with van der Waals surface area (Å²) in [7, 11) is 1.61. The highest BCUT2D eigenvalue weighted by Gasteiger charge is 2.40. The van der Waals surface area contributed by atoms with Gasteiger partial charge in [-0.05, 0) is 37.8 Å². The van der Waals surface area contributed by atoms with Gasteiger partial charge in [0.05, 0.1) is 51.9 Å². The zero-order valence-electron chi connectivity index (χ0n) is 46.4. The van der Waals surface area contributed by atoms with Crippen molar-refractivity contribution in [3.63, 3.8) is 0 Å². The number of nitrogens with zero attached hydrogens (tertiary/aromatic N) is 3. The molecule has 74 heavy (non-hydrogen) atoms. The molecular weight excluding hydrogens is 947 g/mol. The van der Waals surface area contributed by atoms with Gasteiger partial charge in [0, 0.05) is 69.1 Å². The van der Waals surface area contributed by atoms with Gasteiger partial charge in [-0.1, -0.05) is 156 Å². The zero-order valence-corrected chi connectivity index (χ0v) is 46.4. The van der Waals surface area contributed by atoms with Gasteiger partial charge < -0.3 is 33.3 Å². The molecular formula is C58H97N3O13. The van der Waals surface area contributed by atoms with E-state index in [0.717, 1.165) is 128 Å². The van der Waals surface area contributed by atoms with Gasteiger partial charge in [-0.15, -0.1) is 0 Å². The number of hydrogen-bond acceptors (Lipinski definition) is 14. The minimum atomic E-state index is -0.781. The summed E-state index contributed by atoms with van der Waals surface area (Å²) >= 11 is 0. The lowest BCUT2D eigenvalue weighted by atomic mass is 10.1. The number of aromatic nitrogens is 1. The second-order valence-corrected chi connectivity index (χ2v) is 20.3. The van der Waals surface area contributed by atoms with Gasteiger partial charge in [0.2, 0.25) is 0 Å². The molecule has 0 bridgehead atoms. The highest BCUT2D eigenvalue weighted by molar-refractivity contribution is 5.92. The Morgan fingerprint density at radius 3 is 1.23 bits per heavy atom. The fourth-order valence-electron chi connectivity index (χ4n) is 8.84. The third kappa shape index (κ3) is 31.9. The average molecular weight is 1040 g/mol. The topological polar surface area (TPSA) is 194 Å². The highest BCUT2D eigenvalue weighted by atomic mass is 16.6. The maximum Gasteiger partial charge on any atom is 0.324 e. The SMILES string of the molecule is CCCCCCCCC(=O)OCC(COC(=O)CCCCCCCC)CC(=O)OC[C@@H]1C[C@@H](OC(=O)CC(COC(=O)CCCCCCCC)COC(=O)CCCCCCCC)CN1C(=O)N(C)c1ccncc1. The van der Waals surface area contributed by atoms with E-state index >= 15 is 0 Å². The first-order valence-electron chi connectivity index (χ1n) is 28.8. The second kappa shape index (κ2) is 42.5. The van der Waals surface area contributed by atoms with E-state index in [1.165, 1.54) is 9.80 Å². The lowest BCUT2D eigenvalue weighted by Gasteiger charge is -2.29. The second-order valence-electron chi connectivity index (χ2n) is 20.3. The van der Waals surface area contributed by atoms with Crippen molar-refractivity contribution in [2.45, 2.75) is 239 Å². The molecule has 422 valence electrons. The normalized spacial score (nSPS) is 14.2. The number of rotatable bonds is 44. The maximum atomic E-state index is 14.1. The van der Waals surface area contributed by atoms with Crippen LogP contribution in [0.5, 0.6) is 0 Å². The number of pyridine rings is 1. The zero-order chi connectivity index (χ0) is 54.0. The van der Waals surface area contributed by atoms with E-state index in [1.54, 1.807) is 31.6 Å². The number of ether oxygens (including phenoxy) is 6. The van der Waals surface area contributed by atoms with Gasteiger partial charge >= 0.3 is 41.8 Å². The van der Waals surface area contributed by atoms with E-state index in [9.17, 15) is 33.6 Å². The van der Waals surface area contributed by atoms with Gasteiger partial charge in [0.25, 0.3) is 0 Å². The first-order chi connectivity index (χ1) is 35.9. The molecule has 1 saturated heterocycles. The van der Waals surface area contributed by atoms with Crippen molar-refractivity contribution in [2.75, 3.05) is 51.5 Å². The van der Waals surface area contributed by atoms with Crippen LogP contribution in [0.25, 0.3) is 0 Å². The molecule has 0 unspecified atom stereocenters. The van der Waals surface area contributed by atoms with Crippen molar-refractivity contribution in [2.24, 2.45) is 11.8 Å². The number of amides is 2. The molecule has 1 aromatic rings. The molecule has 1 aliphatic rings. The predicted molar refractivity (Wildman–Crippen MR) is 286 cm³/mol. The molecule has 1 aromatic heterocycles. The van der Waals surface area contributed by atoms with Crippen molar-refractivity contribution in [3.05, 3.63) is 24.5 Å². The molecule has 1 fully saturated rings. The monoisotopic (exact) mass is 1040 g/mol. The number of hydrogen-bond donors (Lipinski definition) is 0. The van der Waals surface area contributed by atoms with E-state index in [2.05, 4.69) is 32.7 Å². The van der Waals surface area contributed by atoms with Crippen LogP contribution < -0.4 is 4.90 Å². The Kier molecular flexibility index (Phi) is 37.5. The van der Waals surface area contributed by atoms with Crippen molar-refractivity contribution >= 4 is 47.5 Å². The molecule has 0 N–H and O–H groups in total. The Hall–Kier alpha value is -4.76. The van der Waals surface area contributed by atoms with Crippen LogP contribution in [-0.2, 0) is 57.2 Å². The van der Waals surface area contributed by atoms with E-state index in [4.69, 9.17) is 28.4 Å². The van der Waals surface area contributed by atoms with Crippen LogP contribution in [0.4, 0.5) is 10.5 Å². The fourth-order valence-corrected chi connectivity index (χ4v) is 8.84. The van der Waals surface area contributed by atoms with E-state index in [-0.39, 0.29) is 108 Å². The van der Waals surface area contributed by atoms with Crippen LogP contribution in [0.15, 0.2) is 24.5 Å². The van der Waals surface area contributed by atoms with Crippen LogP contribution in [0.2, 0.25) is 0 Å². The van der Waals surface area contributed by atoms with Crippen molar-refractivity contribution in [3.8, 4) is 0 Å². The van der Waals surface area contributed by atoms with Crippen LogP contribution in [0.1, 0.15) is 227 Å². The molecule has 0 spiro atoms. The average Bonchev–Trinajstić information content (AvgIpc) is 3.80. The molecule has 2 atom stereocenters. The molecule has 0 saturated carbocycles. The van der Waals surface area contributed by atoms with E-state index < -0.39 is 42.0 Å². The number of carbonyl (C=O) groups excluding carboxylic acids is 7. The van der Waals surface area contributed by atoms with Crippen LogP contribution >= 0.6 is 0 Å². The summed E-state index contributed by atoms with van der Waals surface area (Å²) in [4.78, 5) is 99.3. The number of carbonyl (C=O) groups is 7. The van der Waals surface area contributed by atoms with Crippen molar-refractivity contribution in [1.82, 2.24) is 9.88 Å². The summed E-state index contributed by atoms with van der Waals surface area (Å²) in [5.41, 5.74) is 0.570. The molecule has 2 heterocycles. The maximum absolute atomic E-state index is 14.1. The van der Waals surface area contributed by atoms with Crippen LogP contribution in [-0.4, -0.2) is 111 Å². The third-order valence-corrected chi connectivity index (χ3v) is 13.5. The quantitative estimate of drug-likeness (QED) is 0.0340. The Labute approximate surface area is 444 Å². The summed E-state index contributed by atoms with van der Waals surface area (Å²) < 4.78 is 34.2. The molecule has 16 nitrogen and oxygen atoms in total. The summed E-state index contributed by atoms with van der Waals surface area (Å²) in [5.74, 6) is -4.08. The molecule has 2 amide bonds. The lowest BCUT2D eigenvalue weighted by molar-refractivity contribution is -0.157. The summed E-state index contributed by atoms with van der Waals surface area (Å²) in [6, 6.07) is 2.25. The van der Waals surface area contributed by atoms with Gasteiger partial charge in [-0.2, -0.15) is 0 Å². The van der Waals surface area contributed by atoms with Crippen molar-refractivity contribution in [1.29, 1.82) is 0 Å².